The average molecular weight is 238 g/mol. The minimum absolute atomic E-state index is 0.0228. The molecule has 96 valence electrons. The molecule has 3 rings (SSSR count). The van der Waals surface area contributed by atoms with Gasteiger partial charge in [0.25, 0.3) is 0 Å². The van der Waals surface area contributed by atoms with Crippen molar-refractivity contribution >= 4 is 0 Å². The molecule has 0 bridgehead atoms. The van der Waals surface area contributed by atoms with Crippen LogP contribution in [-0.2, 0) is 9.47 Å². The van der Waals surface area contributed by atoms with E-state index in [4.69, 9.17) is 9.47 Å². The molecule has 0 radical (unpaired) electrons. The quantitative estimate of drug-likeness (QED) is 0.659. The van der Waals surface area contributed by atoms with E-state index < -0.39 is 5.79 Å². The standard InChI is InChI=1S/C14H22O3/c1-10-11-4-3-6-14(16-8-9-17-14)13(11,2)7-5-12(10)15/h12,15H,3-9H2,1-2H3. The number of rotatable bonds is 0. The van der Waals surface area contributed by atoms with Gasteiger partial charge in [0.2, 0.25) is 0 Å². The van der Waals surface area contributed by atoms with Crippen molar-refractivity contribution in [2.75, 3.05) is 13.2 Å². The van der Waals surface area contributed by atoms with E-state index in [1.165, 1.54) is 5.57 Å². The molecule has 2 atom stereocenters. The predicted molar refractivity (Wildman–Crippen MR) is 64.5 cm³/mol. The largest absolute Gasteiger partial charge is 0.389 e. The van der Waals surface area contributed by atoms with Crippen LogP contribution in [0.4, 0.5) is 0 Å². The van der Waals surface area contributed by atoms with Gasteiger partial charge in [0.05, 0.1) is 19.3 Å². The number of hydrogen-bond donors (Lipinski definition) is 1. The molecule has 3 heteroatoms. The van der Waals surface area contributed by atoms with E-state index in [0.717, 1.165) is 37.7 Å². The van der Waals surface area contributed by atoms with E-state index in [1.54, 1.807) is 0 Å². The van der Waals surface area contributed by atoms with Gasteiger partial charge in [0.15, 0.2) is 5.79 Å². The van der Waals surface area contributed by atoms with Gasteiger partial charge in [-0.3, -0.25) is 0 Å². The van der Waals surface area contributed by atoms with Crippen LogP contribution in [0.25, 0.3) is 0 Å². The number of hydrogen-bond acceptors (Lipinski definition) is 3. The maximum atomic E-state index is 10.0. The molecule has 1 N–H and O–H groups in total. The molecule has 0 aromatic carbocycles. The fourth-order valence-corrected chi connectivity index (χ4v) is 4.01. The topological polar surface area (TPSA) is 38.7 Å². The third-order valence-electron chi connectivity index (χ3n) is 5.09. The fourth-order valence-electron chi connectivity index (χ4n) is 4.01. The molecule has 17 heavy (non-hydrogen) atoms. The first-order chi connectivity index (χ1) is 8.09. The normalized spacial score (nSPS) is 40.8. The molecule has 2 fully saturated rings. The molecule has 1 spiro atoms. The second kappa shape index (κ2) is 3.81. The van der Waals surface area contributed by atoms with Crippen LogP contribution in [0.15, 0.2) is 11.1 Å². The highest BCUT2D eigenvalue weighted by Gasteiger charge is 2.57. The summed E-state index contributed by atoms with van der Waals surface area (Å²) in [5.41, 5.74) is 2.53. The summed E-state index contributed by atoms with van der Waals surface area (Å²) in [6, 6.07) is 0. The summed E-state index contributed by atoms with van der Waals surface area (Å²) in [7, 11) is 0. The van der Waals surface area contributed by atoms with Crippen molar-refractivity contribution in [3.05, 3.63) is 11.1 Å². The third-order valence-corrected chi connectivity index (χ3v) is 5.09. The van der Waals surface area contributed by atoms with Crippen LogP contribution < -0.4 is 0 Å². The van der Waals surface area contributed by atoms with Gasteiger partial charge in [0.1, 0.15) is 0 Å². The lowest BCUT2D eigenvalue weighted by Gasteiger charge is -2.52. The Balaban J connectivity index is 2.06. The van der Waals surface area contributed by atoms with Gasteiger partial charge in [-0.1, -0.05) is 12.5 Å². The SMILES string of the molecule is CC1=C2CCCC3(OCCO3)C2(C)CCC1O. The number of fused-ring (bicyclic) bond motifs is 2. The van der Waals surface area contributed by atoms with Crippen LogP contribution in [0.2, 0.25) is 0 Å². The second-order valence-electron chi connectivity index (χ2n) is 5.85. The van der Waals surface area contributed by atoms with E-state index in [0.29, 0.717) is 13.2 Å². The highest BCUT2D eigenvalue weighted by molar-refractivity contribution is 5.31. The van der Waals surface area contributed by atoms with Crippen LogP contribution in [-0.4, -0.2) is 30.2 Å². The predicted octanol–water partition coefficient (Wildman–Crippen LogP) is 2.39. The number of ether oxygens (including phenoxy) is 2. The third kappa shape index (κ3) is 1.46. The van der Waals surface area contributed by atoms with Gasteiger partial charge in [-0.15, -0.1) is 0 Å². The Morgan fingerprint density at radius 3 is 2.65 bits per heavy atom. The van der Waals surface area contributed by atoms with Crippen molar-refractivity contribution in [1.29, 1.82) is 0 Å². The Labute approximate surface area is 103 Å². The Kier molecular flexibility index (Phi) is 2.62. The van der Waals surface area contributed by atoms with Crippen molar-refractivity contribution < 1.29 is 14.6 Å². The van der Waals surface area contributed by atoms with Crippen LogP contribution >= 0.6 is 0 Å². The van der Waals surface area contributed by atoms with Gasteiger partial charge in [0, 0.05) is 11.8 Å². The lowest BCUT2D eigenvalue weighted by atomic mass is 9.60. The molecule has 0 aromatic rings. The van der Waals surface area contributed by atoms with E-state index in [1.807, 2.05) is 0 Å². The van der Waals surface area contributed by atoms with Gasteiger partial charge in [-0.05, 0) is 38.2 Å². The zero-order chi connectivity index (χ0) is 12.1. The highest BCUT2D eigenvalue weighted by atomic mass is 16.7. The van der Waals surface area contributed by atoms with Crippen molar-refractivity contribution in [1.82, 2.24) is 0 Å². The van der Waals surface area contributed by atoms with Crippen molar-refractivity contribution in [2.24, 2.45) is 5.41 Å². The van der Waals surface area contributed by atoms with Crippen molar-refractivity contribution in [3.8, 4) is 0 Å². The van der Waals surface area contributed by atoms with E-state index >= 15 is 0 Å². The first kappa shape index (κ1) is 11.7. The zero-order valence-corrected chi connectivity index (χ0v) is 10.8. The molecule has 1 aliphatic heterocycles. The summed E-state index contributed by atoms with van der Waals surface area (Å²) in [5.74, 6) is -0.401. The number of aliphatic hydroxyl groups is 1. The second-order valence-corrected chi connectivity index (χ2v) is 5.85. The van der Waals surface area contributed by atoms with Crippen LogP contribution in [0.1, 0.15) is 46.0 Å². The highest BCUT2D eigenvalue weighted by Crippen LogP contribution is 2.57. The number of aliphatic hydroxyl groups excluding tert-OH is 1. The molecule has 2 unspecified atom stereocenters. The van der Waals surface area contributed by atoms with Crippen molar-refractivity contribution in [3.63, 3.8) is 0 Å². The van der Waals surface area contributed by atoms with E-state index in [2.05, 4.69) is 13.8 Å². The van der Waals surface area contributed by atoms with Gasteiger partial charge < -0.3 is 14.6 Å². The lowest BCUT2D eigenvalue weighted by Crippen LogP contribution is -2.53. The Bertz CT molecular complexity index is 354. The fraction of sp³-hybridized carbons (Fsp3) is 0.857. The first-order valence-electron chi connectivity index (χ1n) is 6.75. The summed E-state index contributed by atoms with van der Waals surface area (Å²) in [6.45, 7) is 5.77. The van der Waals surface area contributed by atoms with Crippen LogP contribution in [0, 0.1) is 5.41 Å². The molecule has 1 saturated carbocycles. The van der Waals surface area contributed by atoms with E-state index in [-0.39, 0.29) is 11.5 Å². The lowest BCUT2D eigenvalue weighted by molar-refractivity contribution is -0.239. The minimum atomic E-state index is -0.401. The smallest absolute Gasteiger partial charge is 0.177 e. The van der Waals surface area contributed by atoms with Gasteiger partial charge in [-0.25, -0.2) is 0 Å². The molecule has 1 heterocycles. The average Bonchev–Trinajstić information content (AvgIpc) is 2.78. The Hall–Kier alpha value is -0.380. The molecule has 3 aliphatic rings. The van der Waals surface area contributed by atoms with Gasteiger partial charge in [-0.2, -0.15) is 0 Å². The molecule has 0 amide bonds. The summed E-state index contributed by atoms with van der Waals surface area (Å²) < 4.78 is 12.0. The molecular weight excluding hydrogens is 216 g/mol. The van der Waals surface area contributed by atoms with Crippen LogP contribution in [0.5, 0.6) is 0 Å². The monoisotopic (exact) mass is 238 g/mol. The first-order valence-corrected chi connectivity index (χ1v) is 6.75. The van der Waals surface area contributed by atoms with Crippen molar-refractivity contribution in [2.45, 2.75) is 57.8 Å². The zero-order valence-electron chi connectivity index (χ0n) is 10.8. The van der Waals surface area contributed by atoms with Gasteiger partial charge >= 0.3 is 0 Å². The summed E-state index contributed by atoms with van der Waals surface area (Å²) in [4.78, 5) is 0. The molecule has 3 nitrogen and oxygen atoms in total. The maximum absolute atomic E-state index is 10.0. The Morgan fingerprint density at radius 2 is 1.94 bits per heavy atom. The summed E-state index contributed by atoms with van der Waals surface area (Å²) in [5, 5.41) is 10.0. The summed E-state index contributed by atoms with van der Waals surface area (Å²) >= 11 is 0. The van der Waals surface area contributed by atoms with Crippen LogP contribution in [0.3, 0.4) is 0 Å². The molecule has 2 aliphatic carbocycles. The molecule has 1 saturated heterocycles. The molecular formula is C14H22O3. The minimum Gasteiger partial charge on any atom is -0.389 e. The Morgan fingerprint density at radius 1 is 1.24 bits per heavy atom. The molecule has 0 aromatic heterocycles. The van der Waals surface area contributed by atoms with E-state index in [9.17, 15) is 5.11 Å². The summed E-state index contributed by atoms with van der Waals surface area (Å²) in [6.07, 6.45) is 4.75. The maximum Gasteiger partial charge on any atom is 0.177 e.